The summed E-state index contributed by atoms with van der Waals surface area (Å²) in [5.41, 5.74) is 1.27. The number of aryl methyl sites for hydroxylation is 1. The van der Waals surface area contributed by atoms with Crippen LogP contribution in [0.25, 0.3) is 0 Å². The van der Waals surface area contributed by atoms with Crippen LogP contribution in [0.5, 0.6) is 0 Å². The molecule has 1 fully saturated rings. The van der Waals surface area contributed by atoms with E-state index < -0.39 is 0 Å². The molecule has 1 N–H and O–H groups in total. The van der Waals surface area contributed by atoms with Crippen molar-refractivity contribution >= 4 is 0 Å². The lowest BCUT2D eigenvalue weighted by Crippen LogP contribution is -2.35. The quantitative estimate of drug-likeness (QED) is 0.800. The predicted molar refractivity (Wildman–Crippen MR) is 88.3 cm³/mol. The van der Waals surface area contributed by atoms with E-state index in [1.54, 1.807) is 0 Å². The molecule has 4 nitrogen and oxygen atoms in total. The minimum atomic E-state index is 0.701. The Labute approximate surface area is 129 Å². The summed E-state index contributed by atoms with van der Waals surface area (Å²) in [5.74, 6) is 1.97. The monoisotopic (exact) mass is 292 g/mol. The molecule has 0 unspecified atom stereocenters. The number of likely N-dealkylation sites (tertiary alicyclic amines) is 1. The lowest BCUT2D eigenvalue weighted by atomic mass is 9.98. The van der Waals surface area contributed by atoms with Crippen molar-refractivity contribution in [1.82, 2.24) is 19.8 Å². The van der Waals surface area contributed by atoms with Crippen molar-refractivity contribution in [3.63, 3.8) is 0 Å². The molecule has 1 aliphatic heterocycles. The molecule has 0 aliphatic carbocycles. The molecule has 2 rings (SSSR count). The summed E-state index contributed by atoms with van der Waals surface area (Å²) in [6.45, 7) is 7.94. The molecule has 1 aromatic heterocycles. The largest absolute Gasteiger partial charge is 0.345 e. The van der Waals surface area contributed by atoms with E-state index in [0.717, 1.165) is 24.7 Å². The van der Waals surface area contributed by atoms with E-state index in [9.17, 15) is 0 Å². The molecule has 0 amide bonds. The highest BCUT2D eigenvalue weighted by molar-refractivity contribution is 5.03. The lowest BCUT2D eigenvalue weighted by Gasteiger charge is -2.24. The Morgan fingerprint density at radius 3 is 2.76 bits per heavy atom. The fourth-order valence-corrected chi connectivity index (χ4v) is 3.51. The molecule has 0 radical (unpaired) electrons. The van der Waals surface area contributed by atoms with E-state index in [1.165, 1.54) is 44.5 Å². The standard InChI is InChI=1S/C17H32N4/c1-5-7-9-17-18-10-15(19-17)12-21-11-14(8-6-2)16(13-21)20(3)4/h10,14,16H,5-9,11-13H2,1-4H3,(H,18,19)/t14-,16-/m1/s1. The highest BCUT2D eigenvalue weighted by Gasteiger charge is 2.33. The molecule has 0 aromatic carbocycles. The summed E-state index contributed by atoms with van der Waals surface area (Å²) in [5, 5.41) is 0. The third-order valence-corrected chi connectivity index (χ3v) is 4.65. The Morgan fingerprint density at radius 1 is 1.29 bits per heavy atom. The van der Waals surface area contributed by atoms with Crippen LogP contribution in [0.1, 0.15) is 51.0 Å². The summed E-state index contributed by atoms with van der Waals surface area (Å²) in [7, 11) is 4.44. The van der Waals surface area contributed by atoms with Crippen LogP contribution in [0.4, 0.5) is 0 Å². The van der Waals surface area contributed by atoms with E-state index >= 15 is 0 Å². The van der Waals surface area contributed by atoms with E-state index in [1.807, 2.05) is 6.20 Å². The highest BCUT2D eigenvalue weighted by atomic mass is 15.2. The Kier molecular flexibility index (Phi) is 6.24. The first-order chi connectivity index (χ1) is 10.1. The summed E-state index contributed by atoms with van der Waals surface area (Å²) >= 11 is 0. The molecule has 1 aliphatic rings. The Hall–Kier alpha value is -0.870. The number of aromatic amines is 1. The van der Waals surface area contributed by atoms with Crippen molar-refractivity contribution in [3.8, 4) is 0 Å². The van der Waals surface area contributed by atoms with Gasteiger partial charge in [0.15, 0.2) is 0 Å². The molecule has 1 aromatic rings. The van der Waals surface area contributed by atoms with E-state index in [4.69, 9.17) is 0 Å². The molecule has 21 heavy (non-hydrogen) atoms. The second-order valence-electron chi connectivity index (χ2n) is 6.73. The molecule has 2 atom stereocenters. The minimum Gasteiger partial charge on any atom is -0.345 e. The topological polar surface area (TPSA) is 35.2 Å². The smallest absolute Gasteiger partial charge is 0.106 e. The summed E-state index contributed by atoms with van der Waals surface area (Å²) in [6.07, 6.45) is 8.18. The number of nitrogens with one attached hydrogen (secondary N) is 1. The molecule has 4 heteroatoms. The number of unbranched alkanes of at least 4 members (excludes halogenated alkanes) is 1. The SMILES string of the molecule is CCCCc1ncc(CN2C[C@@H](CCC)[C@H](N(C)C)C2)[nH]1. The van der Waals surface area contributed by atoms with Gasteiger partial charge in [0.25, 0.3) is 0 Å². The molecule has 120 valence electrons. The van der Waals surface area contributed by atoms with Crippen molar-refractivity contribution < 1.29 is 0 Å². The summed E-state index contributed by atoms with van der Waals surface area (Å²) in [6, 6.07) is 0.701. The molecule has 1 saturated heterocycles. The summed E-state index contributed by atoms with van der Waals surface area (Å²) in [4.78, 5) is 13.0. The van der Waals surface area contributed by atoms with Crippen LogP contribution in [0.3, 0.4) is 0 Å². The van der Waals surface area contributed by atoms with Gasteiger partial charge >= 0.3 is 0 Å². The normalized spacial score (nSPS) is 23.3. The molecule has 0 saturated carbocycles. The zero-order valence-electron chi connectivity index (χ0n) is 14.2. The van der Waals surface area contributed by atoms with Gasteiger partial charge in [-0.1, -0.05) is 26.7 Å². The summed E-state index contributed by atoms with van der Waals surface area (Å²) < 4.78 is 0. The first-order valence-electron chi connectivity index (χ1n) is 8.55. The second kappa shape index (κ2) is 7.95. The van der Waals surface area contributed by atoms with Gasteiger partial charge < -0.3 is 9.88 Å². The van der Waals surface area contributed by atoms with Gasteiger partial charge in [-0.25, -0.2) is 4.98 Å². The Balaban J connectivity index is 1.89. The number of nitrogens with zero attached hydrogens (tertiary/aromatic N) is 3. The minimum absolute atomic E-state index is 0.701. The van der Waals surface area contributed by atoms with Gasteiger partial charge in [-0.2, -0.15) is 0 Å². The number of hydrogen-bond acceptors (Lipinski definition) is 3. The maximum absolute atomic E-state index is 4.51. The van der Waals surface area contributed by atoms with Crippen molar-refractivity contribution in [2.45, 2.75) is 58.5 Å². The lowest BCUT2D eigenvalue weighted by molar-refractivity contribution is 0.238. The molecule has 0 bridgehead atoms. The third kappa shape index (κ3) is 4.55. The number of rotatable bonds is 8. The average Bonchev–Trinajstić information content (AvgIpc) is 3.04. The number of aromatic nitrogens is 2. The van der Waals surface area contributed by atoms with E-state index in [-0.39, 0.29) is 0 Å². The van der Waals surface area contributed by atoms with Gasteiger partial charge in [-0.05, 0) is 32.9 Å². The Morgan fingerprint density at radius 2 is 2.10 bits per heavy atom. The maximum Gasteiger partial charge on any atom is 0.106 e. The zero-order chi connectivity index (χ0) is 15.2. The van der Waals surface area contributed by atoms with Crippen molar-refractivity contribution in [2.75, 3.05) is 27.2 Å². The van der Waals surface area contributed by atoms with Gasteiger partial charge in [-0.15, -0.1) is 0 Å². The zero-order valence-corrected chi connectivity index (χ0v) is 14.2. The van der Waals surface area contributed by atoms with E-state index in [0.29, 0.717) is 6.04 Å². The van der Waals surface area contributed by atoms with Gasteiger partial charge in [0, 0.05) is 44.0 Å². The second-order valence-corrected chi connectivity index (χ2v) is 6.73. The fourth-order valence-electron chi connectivity index (χ4n) is 3.51. The molecule has 0 spiro atoms. The number of likely N-dealkylation sites (N-methyl/N-ethyl adjacent to an activating group) is 1. The van der Waals surface area contributed by atoms with Crippen LogP contribution in [0, 0.1) is 5.92 Å². The van der Waals surface area contributed by atoms with Crippen molar-refractivity contribution in [3.05, 3.63) is 17.7 Å². The highest BCUT2D eigenvalue weighted by Crippen LogP contribution is 2.25. The van der Waals surface area contributed by atoms with Gasteiger partial charge in [0.1, 0.15) is 5.82 Å². The van der Waals surface area contributed by atoms with Crippen LogP contribution in [0.2, 0.25) is 0 Å². The first-order valence-corrected chi connectivity index (χ1v) is 8.55. The number of hydrogen-bond donors (Lipinski definition) is 1. The van der Waals surface area contributed by atoms with Crippen LogP contribution in [-0.2, 0) is 13.0 Å². The van der Waals surface area contributed by atoms with Crippen LogP contribution >= 0.6 is 0 Å². The van der Waals surface area contributed by atoms with Crippen LogP contribution in [0.15, 0.2) is 6.20 Å². The van der Waals surface area contributed by atoms with Crippen LogP contribution in [-0.4, -0.2) is 53.0 Å². The van der Waals surface area contributed by atoms with E-state index in [2.05, 4.69) is 47.7 Å². The third-order valence-electron chi connectivity index (χ3n) is 4.65. The fraction of sp³-hybridized carbons (Fsp3) is 0.824. The van der Waals surface area contributed by atoms with Crippen LogP contribution < -0.4 is 0 Å². The molecule has 2 heterocycles. The molecular formula is C17H32N4. The predicted octanol–water partition coefficient (Wildman–Crippen LogP) is 2.91. The van der Waals surface area contributed by atoms with Gasteiger partial charge in [0.05, 0.1) is 0 Å². The van der Waals surface area contributed by atoms with Gasteiger partial charge in [0.2, 0.25) is 0 Å². The Bertz CT molecular complexity index is 413. The van der Waals surface area contributed by atoms with Crippen molar-refractivity contribution in [2.24, 2.45) is 5.92 Å². The molecular weight excluding hydrogens is 260 g/mol. The van der Waals surface area contributed by atoms with Crippen molar-refractivity contribution in [1.29, 1.82) is 0 Å². The average molecular weight is 292 g/mol. The number of imidazole rings is 1. The maximum atomic E-state index is 4.51. The first kappa shape index (κ1) is 16.5. The van der Waals surface area contributed by atoms with Gasteiger partial charge in [-0.3, -0.25) is 4.90 Å². The number of H-pyrrole nitrogens is 1.